The summed E-state index contributed by atoms with van der Waals surface area (Å²) >= 11 is 0. The summed E-state index contributed by atoms with van der Waals surface area (Å²) in [5.41, 5.74) is 0.0680. The molecule has 2 aliphatic carbocycles. The molecule has 0 saturated heterocycles. The van der Waals surface area contributed by atoms with Crippen LogP contribution in [0.3, 0.4) is 0 Å². The summed E-state index contributed by atoms with van der Waals surface area (Å²) in [5.74, 6) is 1.72. The number of nitrogens with zero attached hydrogens (tertiary/aromatic N) is 2. The van der Waals surface area contributed by atoms with Crippen LogP contribution < -0.4 is 0 Å². The van der Waals surface area contributed by atoms with E-state index in [1.807, 2.05) is 0 Å². The van der Waals surface area contributed by atoms with Gasteiger partial charge in [0.15, 0.2) is 11.8 Å². The largest absolute Gasteiger partial charge is 0.472 e. The standard InChI is InChI=1S/C23H38N2O2/c1-20(2,3)18-22(11-7-8-12-22)26-16(24-18)15-17-25-19(21(4,5)6)23(27-17)13-9-10-14-23/h18-19H,7-15H2,1-6H3/t18-,19-/m1/s1. The predicted molar refractivity (Wildman–Crippen MR) is 111 cm³/mol. The Bertz CT molecular complexity index is 582. The molecule has 0 aromatic carbocycles. The van der Waals surface area contributed by atoms with E-state index in [1.54, 1.807) is 0 Å². The van der Waals surface area contributed by atoms with Crippen LogP contribution in [0.4, 0.5) is 0 Å². The van der Waals surface area contributed by atoms with Crippen LogP contribution in [0.5, 0.6) is 0 Å². The second-order valence-corrected chi connectivity index (χ2v) is 11.5. The highest BCUT2D eigenvalue weighted by Gasteiger charge is 2.55. The molecule has 0 aromatic heterocycles. The Kier molecular flexibility index (Phi) is 4.44. The van der Waals surface area contributed by atoms with Crippen molar-refractivity contribution in [1.82, 2.24) is 0 Å². The fourth-order valence-corrected chi connectivity index (χ4v) is 6.11. The van der Waals surface area contributed by atoms with Crippen LogP contribution in [0.15, 0.2) is 9.98 Å². The van der Waals surface area contributed by atoms with E-state index in [4.69, 9.17) is 19.5 Å². The average molecular weight is 375 g/mol. The van der Waals surface area contributed by atoms with Crippen LogP contribution in [0.1, 0.15) is 99.3 Å². The van der Waals surface area contributed by atoms with Crippen molar-refractivity contribution in [3.8, 4) is 0 Å². The maximum absolute atomic E-state index is 6.57. The van der Waals surface area contributed by atoms with Gasteiger partial charge < -0.3 is 9.47 Å². The highest BCUT2D eigenvalue weighted by molar-refractivity contribution is 5.99. The molecule has 2 fully saturated rings. The van der Waals surface area contributed by atoms with Gasteiger partial charge in [-0.3, -0.25) is 0 Å². The molecule has 4 heteroatoms. The van der Waals surface area contributed by atoms with Crippen molar-refractivity contribution in [3.63, 3.8) is 0 Å². The molecule has 2 saturated carbocycles. The molecule has 4 rings (SSSR count). The maximum Gasteiger partial charge on any atom is 0.193 e. The van der Waals surface area contributed by atoms with Gasteiger partial charge in [0.1, 0.15) is 11.2 Å². The minimum Gasteiger partial charge on any atom is -0.472 e. The molecule has 2 aliphatic heterocycles. The van der Waals surface area contributed by atoms with E-state index < -0.39 is 0 Å². The lowest BCUT2D eigenvalue weighted by atomic mass is 9.76. The van der Waals surface area contributed by atoms with Crippen LogP contribution in [0.25, 0.3) is 0 Å². The molecule has 4 nitrogen and oxygen atoms in total. The molecule has 0 amide bonds. The van der Waals surface area contributed by atoms with Gasteiger partial charge in [0.25, 0.3) is 0 Å². The summed E-state index contributed by atoms with van der Waals surface area (Å²) in [6.07, 6.45) is 10.2. The zero-order valence-electron chi connectivity index (χ0n) is 18.2. The van der Waals surface area contributed by atoms with Gasteiger partial charge in [0, 0.05) is 0 Å². The van der Waals surface area contributed by atoms with Gasteiger partial charge in [-0.2, -0.15) is 0 Å². The fourth-order valence-electron chi connectivity index (χ4n) is 6.11. The highest BCUT2D eigenvalue weighted by Crippen LogP contribution is 2.50. The lowest BCUT2D eigenvalue weighted by Crippen LogP contribution is -2.45. The third-order valence-electron chi connectivity index (χ3n) is 7.03. The number of rotatable bonds is 2. The highest BCUT2D eigenvalue weighted by atomic mass is 16.5. The van der Waals surface area contributed by atoms with Gasteiger partial charge in [-0.1, -0.05) is 41.5 Å². The van der Waals surface area contributed by atoms with Crippen molar-refractivity contribution < 1.29 is 9.47 Å². The molecular weight excluding hydrogens is 336 g/mol. The zero-order valence-corrected chi connectivity index (χ0v) is 18.2. The summed E-state index contributed by atoms with van der Waals surface area (Å²) in [5, 5.41) is 0. The molecular formula is C23H38N2O2. The Morgan fingerprint density at radius 2 is 1.04 bits per heavy atom. The van der Waals surface area contributed by atoms with Crippen LogP contribution in [-0.2, 0) is 9.47 Å². The SMILES string of the molecule is CC(C)(C)[C@H]1N=C(CC2=N[C@H](C(C)(C)C)C3(CCCC3)O2)OC12CCCC2. The van der Waals surface area contributed by atoms with Gasteiger partial charge in [0.05, 0.1) is 18.5 Å². The molecule has 0 unspecified atom stereocenters. The van der Waals surface area contributed by atoms with Crippen LogP contribution in [0, 0.1) is 10.8 Å². The van der Waals surface area contributed by atoms with Crippen molar-refractivity contribution in [2.45, 2.75) is 123 Å². The average Bonchev–Trinajstić information content (AvgIpc) is 3.30. The predicted octanol–water partition coefficient (Wildman–Crippen LogP) is 5.69. The number of hydrogen-bond donors (Lipinski definition) is 0. The van der Waals surface area contributed by atoms with Crippen molar-refractivity contribution >= 4 is 11.8 Å². The normalized spacial score (nSPS) is 31.9. The summed E-state index contributed by atoms with van der Waals surface area (Å²) in [7, 11) is 0. The third-order valence-corrected chi connectivity index (χ3v) is 7.03. The topological polar surface area (TPSA) is 43.2 Å². The first-order valence-electron chi connectivity index (χ1n) is 11.1. The number of ether oxygens (including phenoxy) is 2. The van der Waals surface area contributed by atoms with Gasteiger partial charge in [0.2, 0.25) is 0 Å². The van der Waals surface area contributed by atoms with Crippen LogP contribution in [-0.4, -0.2) is 35.1 Å². The number of hydrogen-bond acceptors (Lipinski definition) is 4. The van der Waals surface area contributed by atoms with Crippen molar-refractivity contribution in [1.29, 1.82) is 0 Å². The van der Waals surface area contributed by atoms with Crippen molar-refractivity contribution in [2.75, 3.05) is 0 Å². The first kappa shape index (κ1) is 19.3. The minimum absolute atomic E-state index is 0.0821. The van der Waals surface area contributed by atoms with Crippen molar-refractivity contribution in [3.05, 3.63) is 0 Å². The van der Waals surface area contributed by atoms with E-state index in [0.29, 0.717) is 6.42 Å². The molecule has 152 valence electrons. The molecule has 27 heavy (non-hydrogen) atoms. The Balaban J connectivity index is 1.55. The van der Waals surface area contributed by atoms with Gasteiger partial charge >= 0.3 is 0 Å². The van der Waals surface area contributed by atoms with E-state index in [9.17, 15) is 0 Å². The molecule has 2 spiro atoms. The van der Waals surface area contributed by atoms with E-state index in [2.05, 4.69) is 41.5 Å². The zero-order chi connectivity index (χ0) is 19.5. The second kappa shape index (κ2) is 6.22. The Morgan fingerprint density at radius 1 is 0.704 bits per heavy atom. The van der Waals surface area contributed by atoms with E-state index in [1.165, 1.54) is 25.7 Å². The lowest BCUT2D eigenvalue weighted by Gasteiger charge is -2.37. The van der Waals surface area contributed by atoms with E-state index in [-0.39, 0.29) is 34.1 Å². The first-order chi connectivity index (χ1) is 12.5. The Labute approximate surface area is 165 Å². The Morgan fingerprint density at radius 3 is 1.33 bits per heavy atom. The van der Waals surface area contributed by atoms with Gasteiger partial charge in [-0.05, 0) is 62.2 Å². The van der Waals surface area contributed by atoms with E-state index >= 15 is 0 Å². The smallest absolute Gasteiger partial charge is 0.193 e. The Hall–Kier alpha value is -1.06. The molecule has 0 bridgehead atoms. The summed E-state index contributed by atoms with van der Waals surface area (Å²) in [4.78, 5) is 10.2. The minimum atomic E-state index is -0.0821. The van der Waals surface area contributed by atoms with Gasteiger partial charge in [-0.25, -0.2) is 9.98 Å². The first-order valence-corrected chi connectivity index (χ1v) is 11.1. The van der Waals surface area contributed by atoms with Crippen LogP contribution in [0.2, 0.25) is 0 Å². The second-order valence-electron chi connectivity index (χ2n) is 11.5. The summed E-state index contributed by atoms with van der Waals surface area (Å²) in [6.45, 7) is 13.8. The maximum atomic E-state index is 6.57. The molecule has 0 aromatic rings. The molecule has 0 N–H and O–H groups in total. The quantitative estimate of drug-likeness (QED) is 0.623. The monoisotopic (exact) mass is 374 g/mol. The third kappa shape index (κ3) is 3.31. The van der Waals surface area contributed by atoms with Gasteiger partial charge in [-0.15, -0.1) is 0 Å². The fraction of sp³-hybridized carbons (Fsp3) is 0.913. The van der Waals surface area contributed by atoms with Crippen LogP contribution >= 0.6 is 0 Å². The molecule has 2 heterocycles. The summed E-state index contributed by atoms with van der Waals surface area (Å²) < 4.78 is 13.1. The summed E-state index contributed by atoms with van der Waals surface area (Å²) in [6, 6.07) is 0.478. The van der Waals surface area contributed by atoms with E-state index in [0.717, 1.165) is 37.5 Å². The molecule has 0 radical (unpaired) electrons. The number of aliphatic imine (C=N–C) groups is 2. The van der Waals surface area contributed by atoms with Crippen molar-refractivity contribution in [2.24, 2.45) is 20.8 Å². The lowest BCUT2D eigenvalue weighted by molar-refractivity contribution is 0.0207. The molecule has 2 atom stereocenters. The molecule has 4 aliphatic rings.